The molecule has 0 radical (unpaired) electrons. The van der Waals surface area contributed by atoms with Crippen LogP contribution in [0.1, 0.15) is 28.9 Å². The molecule has 4 rings (SSSR count). The molecule has 2 aliphatic rings. The van der Waals surface area contributed by atoms with E-state index in [9.17, 15) is 9.59 Å². The standard InChI is InChI=1S/C17H19N7O3/c18-15(25)14-11(7-21-24-14)22-16(26)12-8-27-17(23-12)10-3-4-19-13(5-10)20-6-9-1-2-9/h3-5,7,9,12H,1-2,6,8H2,(H2,18,25)(H,19,20)(H,21,24)(H,22,26). The molecule has 5 N–H and O–H groups in total. The summed E-state index contributed by atoms with van der Waals surface area (Å²) in [4.78, 5) is 32.3. The number of aromatic amines is 1. The van der Waals surface area contributed by atoms with Gasteiger partial charge in [0.25, 0.3) is 11.8 Å². The minimum absolute atomic E-state index is 0.0342. The summed E-state index contributed by atoms with van der Waals surface area (Å²) in [6, 6.07) is 2.90. The van der Waals surface area contributed by atoms with Gasteiger partial charge in [0.1, 0.15) is 18.1 Å². The molecule has 27 heavy (non-hydrogen) atoms. The summed E-state index contributed by atoms with van der Waals surface area (Å²) >= 11 is 0. The van der Waals surface area contributed by atoms with E-state index in [1.165, 1.54) is 19.0 Å². The summed E-state index contributed by atoms with van der Waals surface area (Å²) in [5, 5.41) is 12.0. The molecule has 0 spiro atoms. The van der Waals surface area contributed by atoms with Crippen LogP contribution in [0.2, 0.25) is 0 Å². The number of ether oxygens (including phenoxy) is 1. The zero-order valence-corrected chi connectivity index (χ0v) is 14.4. The van der Waals surface area contributed by atoms with E-state index in [1.807, 2.05) is 6.07 Å². The maximum atomic E-state index is 12.4. The van der Waals surface area contributed by atoms with Crippen molar-refractivity contribution in [3.8, 4) is 0 Å². The van der Waals surface area contributed by atoms with Crippen molar-refractivity contribution in [2.45, 2.75) is 18.9 Å². The van der Waals surface area contributed by atoms with E-state index < -0.39 is 17.9 Å². The van der Waals surface area contributed by atoms with Crippen molar-refractivity contribution in [2.24, 2.45) is 16.6 Å². The molecule has 3 heterocycles. The molecule has 2 aromatic rings. The van der Waals surface area contributed by atoms with Crippen LogP contribution in [0.3, 0.4) is 0 Å². The molecule has 10 nitrogen and oxygen atoms in total. The number of hydrogen-bond donors (Lipinski definition) is 4. The molecule has 1 saturated carbocycles. The Hall–Kier alpha value is -3.43. The van der Waals surface area contributed by atoms with Crippen LogP contribution in [0.5, 0.6) is 0 Å². The summed E-state index contributed by atoms with van der Waals surface area (Å²) in [7, 11) is 0. The van der Waals surface area contributed by atoms with Gasteiger partial charge in [-0.25, -0.2) is 9.98 Å². The first-order chi connectivity index (χ1) is 13.1. The molecule has 0 bridgehead atoms. The zero-order chi connectivity index (χ0) is 18.8. The molecule has 1 unspecified atom stereocenters. The van der Waals surface area contributed by atoms with Crippen molar-refractivity contribution < 1.29 is 14.3 Å². The van der Waals surface area contributed by atoms with E-state index in [1.54, 1.807) is 12.3 Å². The van der Waals surface area contributed by atoms with Gasteiger partial charge in [-0.15, -0.1) is 0 Å². The van der Waals surface area contributed by atoms with Crippen molar-refractivity contribution >= 4 is 29.2 Å². The minimum Gasteiger partial charge on any atom is -0.475 e. The summed E-state index contributed by atoms with van der Waals surface area (Å²) in [5.41, 5.74) is 6.22. The quantitative estimate of drug-likeness (QED) is 0.559. The molecular weight excluding hydrogens is 350 g/mol. The van der Waals surface area contributed by atoms with Crippen LogP contribution >= 0.6 is 0 Å². The Morgan fingerprint density at radius 2 is 2.22 bits per heavy atom. The molecule has 2 aromatic heterocycles. The summed E-state index contributed by atoms with van der Waals surface area (Å²) in [6.07, 6.45) is 5.51. The molecule has 0 aromatic carbocycles. The van der Waals surface area contributed by atoms with Gasteiger partial charge in [0.05, 0.1) is 11.9 Å². The molecule has 140 valence electrons. The fraction of sp³-hybridized carbons (Fsp3) is 0.353. The summed E-state index contributed by atoms with van der Waals surface area (Å²) in [5.74, 6) is 0.752. The fourth-order valence-electron chi connectivity index (χ4n) is 2.68. The second kappa shape index (κ2) is 7.06. The van der Waals surface area contributed by atoms with Gasteiger partial charge in [0.15, 0.2) is 6.04 Å². The lowest BCUT2D eigenvalue weighted by Gasteiger charge is -2.06. The average Bonchev–Trinajstić information content (AvgIpc) is 3.16. The molecule has 10 heteroatoms. The number of carbonyl (C=O) groups excluding carboxylic acids is 2. The average molecular weight is 369 g/mol. The van der Waals surface area contributed by atoms with E-state index >= 15 is 0 Å². The summed E-state index contributed by atoms with van der Waals surface area (Å²) < 4.78 is 5.58. The third kappa shape index (κ3) is 3.89. The van der Waals surface area contributed by atoms with Crippen molar-refractivity contribution in [1.29, 1.82) is 0 Å². The lowest BCUT2D eigenvalue weighted by molar-refractivity contribution is -0.117. The molecule has 1 atom stereocenters. The van der Waals surface area contributed by atoms with Gasteiger partial charge in [-0.3, -0.25) is 14.7 Å². The molecule has 0 saturated heterocycles. The zero-order valence-electron chi connectivity index (χ0n) is 14.4. The predicted molar refractivity (Wildman–Crippen MR) is 97.5 cm³/mol. The molecule has 1 aliphatic heterocycles. The van der Waals surface area contributed by atoms with E-state index in [4.69, 9.17) is 10.5 Å². The number of pyridine rings is 1. The number of nitrogens with zero attached hydrogens (tertiary/aromatic N) is 3. The number of hydrogen-bond acceptors (Lipinski definition) is 7. The number of aliphatic imine (C=N–C) groups is 1. The first-order valence-corrected chi connectivity index (χ1v) is 8.65. The number of rotatable bonds is 7. The topological polar surface area (TPSA) is 147 Å². The van der Waals surface area contributed by atoms with E-state index in [0.29, 0.717) is 5.90 Å². The SMILES string of the molecule is NC(=O)c1[nH]ncc1NC(=O)C1COC(c2ccnc(NCC3CC3)c2)=N1. The van der Waals surface area contributed by atoms with E-state index in [2.05, 4.69) is 30.8 Å². The number of nitrogens with two attached hydrogens (primary N) is 1. The number of H-pyrrole nitrogens is 1. The van der Waals surface area contributed by atoms with Crippen molar-refractivity contribution in [3.05, 3.63) is 35.8 Å². The predicted octanol–water partition coefficient (Wildman–Crippen LogP) is 0.510. The summed E-state index contributed by atoms with van der Waals surface area (Å²) in [6.45, 7) is 1.01. The number of amides is 2. The van der Waals surface area contributed by atoms with Crippen molar-refractivity contribution in [3.63, 3.8) is 0 Å². The lowest BCUT2D eigenvalue weighted by atomic mass is 10.2. The highest BCUT2D eigenvalue weighted by molar-refractivity contribution is 6.05. The van der Waals surface area contributed by atoms with Gasteiger partial charge in [0, 0.05) is 18.3 Å². The fourth-order valence-corrected chi connectivity index (χ4v) is 2.68. The van der Waals surface area contributed by atoms with Gasteiger partial charge < -0.3 is 21.1 Å². The van der Waals surface area contributed by atoms with Gasteiger partial charge in [-0.05, 0) is 30.9 Å². The van der Waals surface area contributed by atoms with Crippen LogP contribution in [0.15, 0.2) is 29.5 Å². The Morgan fingerprint density at radius 3 is 3.00 bits per heavy atom. The third-order valence-corrected chi connectivity index (χ3v) is 4.37. The number of primary amides is 1. The monoisotopic (exact) mass is 369 g/mol. The minimum atomic E-state index is -0.730. The maximum absolute atomic E-state index is 12.4. The lowest BCUT2D eigenvalue weighted by Crippen LogP contribution is -2.28. The Kier molecular flexibility index (Phi) is 4.45. The van der Waals surface area contributed by atoms with E-state index in [0.717, 1.165) is 23.8 Å². The Bertz CT molecular complexity index is 903. The van der Waals surface area contributed by atoms with Gasteiger partial charge >= 0.3 is 0 Å². The van der Waals surface area contributed by atoms with Gasteiger partial charge in [-0.1, -0.05) is 0 Å². The molecule has 1 aliphatic carbocycles. The second-order valence-electron chi connectivity index (χ2n) is 6.53. The second-order valence-corrected chi connectivity index (χ2v) is 6.53. The maximum Gasteiger partial charge on any atom is 0.268 e. The number of anilines is 2. The molecule has 2 amide bonds. The largest absolute Gasteiger partial charge is 0.475 e. The highest BCUT2D eigenvalue weighted by Gasteiger charge is 2.28. The number of aromatic nitrogens is 3. The smallest absolute Gasteiger partial charge is 0.268 e. The first kappa shape index (κ1) is 17.0. The Labute approximate surface area is 154 Å². The first-order valence-electron chi connectivity index (χ1n) is 8.65. The highest BCUT2D eigenvalue weighted by Crippen LogP contribution is 2.28. The number of nitrogens with one attached hydrogen (secondary N) is 3. The van der Waals surface area contributed by atoms with Crippen LogP contribution in [0.4, 0.5) is 11.5 Å². The van der Waals surface area contributed by atoms with Crippen molar-refractivity contribution in [1.82, 2.24) is 15.2 Å². The van der Waals surface area contributed by atoms with Crippen LogP contribution in [-0.2, 0) is 9.53 Å². The van der Waals surface area contributed by atoms with E-state index in [-0.39, 0.29) is 18.0 Å². The third-order valence-electron chi connectivity index (χ3n) is 4.37. The van der Waals surface area contributed by atoms with Crippen LogP contribution < -0.4 is 16.4 Å². The van der Waals surface area contributed by atoms with Crippen LogP contribution in [0.25, 0.3) is 0 Å². The number of carbonyl (C=O) groups is 2. The molecule has 1 fully saturated rings. The Morgan fingerprint density at radius 1 is 1.37 bits per heavy atom. The highest BCUT2D eigenvalue weighted by atomic mass is 16.5. The Balaban J connectivity index is 1.43. The van der Waals surface area contributed by atoms with Gasteiger partial charge in [0.2, 0.25) is 5.90 Å². The van der Waals surface area contributed by atoms with Crippen LogP contribution in [0, 0.1) is 5.92 Å². The van der Waals surface area contributed by atoms with Gasteiger partial charge in [-0.2, -0.15) is 5.10 Å². The normalized spacial score (nSPS) is 18.5. The molecular formula is C17H19N7O3. The van der Waals surface area contributed by atoms with Crippen molar-refractivity contribution in [2.75, 3.05) is 23.8 Å². The van der Waals surface area contributed by atoms with Crippen LogP contribution in [-0.4, -0.2) is 52.1 Å².